The van der Waals surface area contributed by atoms with Crippen LogP contribution in [0.5, 0.6) is 0 Å². The van der Waals surface area contributed by atoms with Gasteiger partial charge in [0.1, 0.15) is 6.21 Å². The molecule has 98 valence electrons. The Balaban J connectivity index is 2.13. The normalized spacial score (nSPS) is 11.0. The van der Waals surface area contributed by atoms with Crippen molar-refractivity contribution in [1.82, 2.24) is 14.8 Å². The fourth-order valence-corrected chi connectivity index (χ4v) is 1.93. The molecule has 0 fully saturated rings. The van der Waals surface area contributed by atoms with E-state index in [0.29, 0.717) is 11.6 Å². The highest BCUT2D eigenvalue weighted by Gasteiger charge is 2.11. The number of rotatable bonds is 3. The smallest absolute Gasteiger partial charge is 0.182 e. The van der Waals surface area contributed by atoms with E-state index in [1.165, 1.54) is 6.21 Å². The molecule has 0 aliphatic heterocycles. The van der Waals surface area contributed by atoms with Gasteiger partial charge in [0.05, 0.1) is 5.69 Å². The highest BCUT2D eigenvalue weighted by molar-refractivity contribution is 5.76. The average Bonchev–Trinajstić information content (AvgIpc) is 2.94. The third-order valence-corrected chi connectivity index (χ3v) is 2.84. The predicted molar refractivity (Wildman–Crippen MR) is 76.2 cm³/mol. The second kappa shape index (κ2) is 5.36. The van der Waals surface area contributed by atoms with E-state index >= 15 is 0 Å². The van der Waals surface area contributed by atoms with Gasteiger partial charge in [0, 0.05) is 5.56 Å². The van der Waals surface area contributed by atoms with E-state index in [0.717, 1.165) is 11.3 Å². The lowest BCUT2D eigenvalue weighted by Crippen LogP contribution is -2.01. The maximum Gasteiger partial charge on any atom is 0.182 e. The van der Waals surface area contributed by atoms with Gasteiger partial charge in [-0.2, -0.15) is 0 Å². The third-order valence-electron chi connectivity index (χ3n) is 2.84. The van der Waals surface area contributed by atoms with Crippen LogP contribution in [-0.2, 0) is 0 Å². The molecule has 0 bridgehead atoms. The van der Waals surface area contributed by atoms with Crippen molar-refractivity contribution in [2.45, 2.75) is 0 Å². The Kier molecular flexibility index (Phi) is 3.24. The highest BCUT2D eigenvalue weighted by Crippen LogP contribution is 2.17. The predicted octanol–water partition coefficient (Wildman–Crippen LogP) is 2.74. The number of nitrogens with zero attached hydrogens (tertiary/aromatic N) is 4. The summed E-state index contributed by atoms with van der Waals surface area (Å²) < 4.78 is 1.64. The summed E-state index contributed by atoms with van der Waals surface area (Å²) in [6.07, 6.45) is 1.27. The van der Waals surface area contributed by atoms with E-state index in [4.69, 9.17) is 5.21 Å². The van der Waals surface area contributed by atoms with E-state index in [9.17, 15) is 0 Å². The summed E-state index contributed by atoms with van der Waals surface area (Å²) in [5.41, 5.74) is 1.77. The van der Waals surface area contributed by atoms with Crippen LogP contribution >= 0.6 is 0 Å². The molecule has 1 N–H and O–H groups in total. The molecule has 1 aromatic heterocycles. The van der Waals surface area contributed by atoms with Crippen molar-refractivity contribution in [2.75, 3.05) is 0 Å². The van der Waals surface area contributed by atoms with Gasteiger partial charge in [-0.25, -0.2) is 9.67 Å². The molecule has 2 aromatic carbocycles. The molecule has 20 heavy (non-hydrogen) atoms. The van der Waals surface area contributed by atoms with Crippen LogP contribution in [0, 0.1) is 0 Å². The van der Waals surface area contributed by atoms with Gasteiger partial charge in [-0.15, -0.1) is 5.10 Å². The van der Waals surface area contributed by atoms with Gasteiger partial charge in [-0.05, 0) is 12.1 Å². The van der Waals surface area contributed by atoms with Crippen LogP contribution < -0.4 is 0 Å². The summed E-state index contributed by atoms with van der Waals surface area (Å²) in [6.45, 7) is 0. The number of hydrogen-bond acceptors (Lipinski definition) is 4. The Labute approximate surface area is 115 Å². The highest BCUT2D eigenvalue weighted by atomic mass is 16.4. The van der Waals surface area contributed by atoms with Crippen LogP contribution in [0.25, 0.3) is 17.1 Å². The molecule has 5 heteroatoms. The van der Waals surface area contributed by atoms with Crippen molar-refractivity contribution in [2.24, 2.45) is 5.16 Å². The van der Waals surface area contributed by atoms with Crippen LogP contribution in [0.1, 0.15) is 5.82 Å². The van der Waals surface area contributed by atoms with Crippen molar-refractivity contribution >= 4 is 6.21 Å². The zero-order valence-electron chi connectivity index (χ0n) is 10.6. The second-order valence-electron chi connectivity index (χ2n) is 4.15. The Hall–Kier alpha value is -2.95. The minimum absolute atomic E-state index is 0.470. The van der Waals surface area contributed by atoms with Gasteiger partial charge < -0.3 is 5.21 Å². The molecule has 5 nitrogen and oxygen atoms in total. The van der Waals surface area contributed by atoms with Gasteiger partial charge in [-0.1, -0.05) is 53.7 Å². The van der Waals surface area contributed by atoms with Crippen LogP contribution in [0.3, 0.4) is 0 Å². The molecule has 0 saturated heterocycles. The molecule has 0 aliphatic carbocycles. The van der Waals surface area contributed by atoms with Crippen molar-refractivity contribution in [3.05, 3.63) is 66.5 Å². The average molecular weight is 264 g/mol. The van der Waals surface area contributed by atoms with E-state index in [1.807, 2.05) is 60.7 Å². The molecule has 0 atom stereocenters. The standard InChI is InChI=1S/C15H12N4O/c20-16-11-14-17-15(12-7-3-1-4-8-12)18-19(14)13-9-5-2-6-10-13/h1-11,20H/b16-11+. The molecule has 0 aliphatic rings. The van der Waals surface area contributed by atoms with E-state index in [1.54, 1.807) is 4.68 Å². The molecule has 1 heterocycles. The number of oxime groups is 1. The minimum Gasteiger partial charge on any atom is -0.411 e. The monoisotopic (exact) mass is 264 g/mol. The Bertz CT molecular complexity index is 720. The third kappa shape index (κ3) is 2.29. The number of benzene rings is 2. The topological polar surface area (TPSA) is 63.3 Å². The zero-order valence-corrected chi connectivity index (χ0v) is 10.6. The Morgan fingerprint density at radius 2 is 1.60 bits per heavy atom. The van der Waals surface area contributed by atoms with Crippen LogP contribution in [-0.4, -0.2) is 26.2 Å². The molecular weight excluding hydrogens is 252 g/mol. The summed E-state index contributed by atoms with van der Waals surface area (Å²) in [5, 5.41) is 16.3. The molecule has 0 unspecified atom stereocenters. The van der Waals surface area contributed by atoms with Gasteiger partial charge in [0.15, 0.2) is 11.6 Å². The number of para-hydroxylation sites is 1. The molecule has 3 rings (SSSR count). The van der Waals surface area contributed by atoms with Gasteiger partial charge >= 0.3 is 0 Å². The Morgan fingerprint density at radius 3 is 2.25 bits per heavy atom. The minimum atomic E-state index is 0.470. The van der Waals surface area contributed by atoms with E-state index in [2.05, 4.69) is 15.2 Å². The fraction of sp³-hybridized carbons (Fsp3) is 0. The summed E-state index contributed by atoms with van der Waals surface area (Å²) in [7, 11) is 0. The SMILES string of the molecule is O/N=C/c1nc(-c2ccccc2)nn1-c1ccccc1. The molecule has 0 amide bonds. The maximum absolute atomic E-state index is 8.76. The summed E-state index contributed by atoms with van der Waals surface area (Å²) in [5.74, 6) is 1.06. The van der Waals surface area contributed by atoms with Crippen molar-refractivity contribution in [3.63, 3.8) is 0 Å². The molecule has 0 radical (unpaired) electrons. The van der Waals surface area contributed by atoms with Crippen LogP contribution in [0.15, 0.2) is 65.8 Å². The van der Waals surface area contributed by atoms with Crippen LogP contribution in [0.2, 0.25) is 0 Å². The van der Waals surface area contributed by atoms with Gasteiger partial charge in [0.2, 0.25) is 0 Å². The molecular formula is C15H12N4O. The maximum atomic E-state index is 8.76. The lowest BCUT2D eigenvalue weighted by Gasteiger charge is -2.01. The molecule has 0 saturated carbocycles. The first kappa shape index (κ1) is 12.1. The van der Waals surface area contributed by atoms with E-state index in [-0.39, 0.29) is 0 Å². The number of aromatic nitrogens is 3. The quantitative estimate of drug-likeness (QED) is 0.449. The Morgan fingerprint density at radius 1 is 0.950 bits per heavy atom. The first-order valence-corrected chi connectivity index (χ1v) is 6.14. The lowest BCUT2D eigenvalue weighted by molar-refractivity contribution is 0.321. The fourth-order valence-electron chi connectivity index (χ4n) is 1.93. The summed E-state index contributed by atoms with van der Waals surface area (Å²) in [4.78, 5) is 4.39. The van der Waals surface area contributed by atoms with Gasteiger partial charge in [0.25, 0.3) is 0 Å². The molecule has 0 spiro atoms. The van der Waals surface area contributed by atoms with Crippen molar-refractivity contribution in [1.29, 1.82) is 0 Å². The molecule has 3 aromatic rings. The van der Waals surface area contributed by atoms with E-state index < -0.39 is 0 Å². The number of hydrogen-bond donors (Lipinski definition) is 1. The second-order valence-corrected chi connectivity index (χ2v) is 4.15. The zero-order chi connectivity index (χ0) is 13.8. The summed E-state index contributed by atoms with van der Waals surface area (Å²) in [6, 6.07) is 19.3. The van der Waals surface area contributed by atoms with Gasteiger partial charge in [-0.3, -0.25) is 0 Å². The first-order valence-electron chi connectivity index (χ1n) is 6.14. The largest absolute Gasteiger partial charge is 0.411 e. The lowest BCUT2D eigenvalue weighted by atomic mass is 10.2. The van der Waals surface area contributed by atoms with Crippen molar-refractivity contribution in [3.8, 4) is 17.1 Å². The van der Waals surface area contributed by atoms with Crippen LogP contribution in [0.4, 0.5) is 0 Å². The summed E-state index contributed by atoms with van der Waals surface area (Å²) >= 11 is 0. The first-order chi connectivity index (χ1) is 9.88. The van der Waals surface area contributed by atoms with Crippen molar-refractivity contribution < 1.29 is 5.21 Å².